The van der Waals surface area contributed by atoms with Crippen LogP contribution >= 0.6 is 23.2 Å². The Bertz CT molecular complexity index is 367. The van der Waals surface area contributed by atoms with Crippen molar-refractivity contribution in [2.24, 2.45) is 5.92 Å². The third-order valence-electron chi connectivity index (χ3n) is 2.48. The highest BCUT2D eigenvalue weighted by Gasteiger charge is 2.56. The van der Waals surface area contributed by atoms with Crippen molar-refractivity contribution in [3.8, 4) is 0 Å². The zero-order chi connectivity index (χ0) is 10.3. The Hall–Kier alpha value is -0.530. The standard InChI is InChI=1S/C11H10Cl2O/c1-7-2-4-8(5-3-7)10(14)9-6-11(9,12)13/h2-5,9H,6H2,1H3/t9-/m1/s1. The van der Waals surface area contributed by atoms with Crippen LogP contribution in [-0.4, -0.2) is 10.1 Å². The minimum absolute atomic E-state index is 0.0509. The van der Waals surface area contributed by atoms with Gasteiger partial charge in [0.1, 0.15) is 4.33 Å². The molecule has 1 nitrogen and oxygen atoms in total. The Kier molecular flexibility index (Phi) is 2.32. The third-order valence-corrected chi connectivity index (χ3v) is 3.31. The van der Waals surface area contributed by atoms with E-state index in [2.05, 4.69) is 0 Å². The van der Waals surface area contributed by atoms with Gasteiger partial charge in [0.2, 0.25) is 0 Å². The second kappa shape index (κ2) is 3.25. The number of aryl methyl sites for hydroxylation is 1. The van der Waals surface area contributed by atoms with E-state index in [4.69, 9.17) is 23.2 Å². The van der Waals surface area contributed by atoms with Crippen molar-refractivity contribution in [3.05, 3.63) is 35.4 Å². The first-order chi connectivity index (χ1) is 6.50. The van der Waals surface area contributed by atoms with Gasteiger partial charge in [-0.1, -0.05) is 29.8 Å². The van der Waals surface area contributed by atoms with E-state index < -0.39 is 4.33 Å². The topological polar surface area (TPSA) is 17.1 Å². The molecule has 0 aliphatic heterocycles. The second-order valence-corrected chi connectivity index (χ2v) is 5.29. The quantitative estimate of drug-likeness (QED) is 0.561. The molecule has 0 unspecified atom stereocenters. The fourth-order valence-electron chi connectivity index (χ4n) is 1.42. The van der Waals surface area contributed by atoms with Gasteiger partial charge in [0, 0.05) is 5.56 Å². The Labute approximate surface area is 93.0 Å². The molecule has 0 saturated heterocycles. The smallest absolute Gasteiger partial charge is 0.169 e. The first-order valence-electron chi connectivity index (χ1n) is 4.49. The molecule has 0 spiro atoms. The highest BCUT2D eigenvalue weighted by atomic mass is 35.5. The van der Waals surface area contributed by atoms with Gasteiger partial charge in [0.15, 0.2) is 5.78 Å². The molecule has 1 aliphatic carbocycles. The third kappa shape index (κ3) is 1.79. The molecule has 1 aromatic rings. The summed E-state index contributed by atoms with van der Waals surface area (Å²) in [6.45, 7) is 1.98. The van der Waals surface area contributed by atoms with E-state index in [1.807, 2.05) is 31.2 Å². The number of benzene rings is 1. The lowest BCUT2D eigenvalue weighted by Crippen LogP contribution is -2.06. The zero-order valence-electron chi connectivity index (χ0n) is 7.76. The van der Waals surface area contributed by atoms with Crippen LogP contribution in [0.5, 0.6) is 0 Å². The lowest BCUT2D eigenvalue weighted by Gasteiger charge is -2.00. The van der Waals surface area contributed by atoms with E-state index in [0.29, 0.717) is 12.0 Å². The second-order valence-electron chi connectivity index (χ2n) is 3.75. The molecular weight excluding hydrogens is 219 g/mol. The summed E-state index contributed by atoms with van der Waals surface area (Å²) in [6, 6.07) is 7.47. The van der Waals surface area contributed by atoms with Crippen molar-refractivity contribution in [1.29, 1.82) is 0 Å². The molecule has 1 saturated carbocycles. The number of carbonyl (C=O) groups excluding carboxylic acids is 1. The van der Waals surface area contributed by atoms with E-state index in [-0.39, 0.29) is 11.7 Å². The SMILES string of the molecule is Cc1ccc(C(=O)[C@H]2CC2(Cl)Cl)cc1. The molecule has 0 radical (unpaired) electrons. The summed E-state index contributed by atoms with van der Waals surface area (Å²) in [6.07, 6.45) is 0.572. The van der Waals surface area contributed by atoms with Crippen molar-refractivity contribution in [2.75, 3.05) is 0 Å². The summed E-state index contributed by atoms with van der Waals surface area (Å²) in [7, 11) is 0. The summed E-state index contributed by atoms with van der Waals surface area (Å²) < 4.78 is -0.817. The Morgan fingerprint density at radius 3 is 2.29 bits per heavy atom. The fourth-order valence-corrected chi connectivity index (χ4v) is 1.92. The predicted molar refractivity (Wildman–Crippen MR) is 58.1 cm³/mol. The van der Waals surface area contributed by atoms with Gasteiger partial charge < -0.3 is 0 Å². The average Bonchev–Trinajstić information content (AvgIpc) is 2.75. The van der Waals surface area contributed by atoms with Gasteiger partial charge in [0.05, 0.1) is 5.92 Å². The van der Waals surface area contributed by atoms with Crippen LogP contribution in [0, 0.1) is 12.8 Å². The van der Waals surface area contributed by atoms with Crippen LogP contribution in [0.2, 0.25) is 0 Å². The molecule has 0 N–H and O–H groups in total. The van der Waals surface area contributed by atoms with E-state index in [1.165, 1.54) is 0 Å². The normalized spacial score (nSPS) is 23.2. The molecule has 0 heterocycles. The molecule has 0 bridgehead atoms. The van der Waals surface area contributed by atoms with Crippen LogP contribution in [0.3, 0.4) is 0 Å². The number of ketones is 1. The van der Waals surface area contributed by atoms with Crippen LogP contribution in [0.15, 0.2) is 24.3 Å². The van der Waals surface area contributed by atoms with Gasteiger partial charge in [0.25, 0.3) is 0 Å². The van der Waals surface area contributed by atoms with Crippen molar-refractivity contribution in [1.82, 2.24) is 0 Å². The van der Waals surface area contributed by atoms with Crippen LogP contribution in [-0.2, 0) is 0 Å². The number of halogens is 2. The highest BCUT2D eigenvalue weighted by molar-refractivity contribution is 6.52. The van der Waals surface area contributed by atoms with E-state index in [1.54, 1.807) is 0 Å². The maximum Gasteiger partial charge on any atom is 0.169 e. The molecule has 2 rings (SSSR count). The molecule has 74 valence electrons. The summed E-state index contributed by atoms with van der Waals surface area (Å²) >= 11 is 11.7. The van der Waals surface area contributed by atoms with Crippen molar-refractivity contribution in [3.63, 3.8) is 0 Å². The van der Waals surface area contributed by atoms with Gasteiger partial charge in [-0.25, -0.2) is 0 Å². The van der Waals surface area contributed by atoms with Crippen molar-refractivity contribution in [2.45, 2.75) is 17.7 Å². The first-order valence-corrected chi connectivity index (χ1v) is 5.25. The van der Waals surface area contributed by atoms with Crippen LogP contribution in [0.25, 0.3) is 0 Å². The van der Waals surface area contributed by atoms with Crippen LogP contribution in [0.1, 0.15) is 22.3 Å². The number of Topliss-reactive ketones (excluding diaryl/α,β-unsaturated/α-hetero) is 1. The number of alkyl halides is 2. The summed E-state index contributed by atoms with van der Waals surface area (Å²) in [5, 5.41) is 0. The molecule has 0 aromatic heterocycles. The monoisotopic (exact) mass is 228 g/mol. The number of hydrogen-bond donors (Lipinski definition) is 0. The lowest BCUT2D eigenvalue weighted by molar-refractivity contribution is 0.0967. The minimum atomic E-state index is -0.817. The Morgan fingerprint density at radius 1 is 1.36 bits per heavy atom. The van der Waals surface area contributed by atoms with Crippen molar-refractivity contribution < 1.29 is 4.79 Å². The van der Waals surface area contributed by atoms with E-state index in [9.17, 15) is 4.79 Å². The molecule has 0 amide bonds. The minimum Gasteiger partial charge on any atom is -0.294 e. The van der Waals surface area contributed by atoms with Crippen LogP contribution < -0.4 is 0 Å². The molecule has 14 heavy (non-hydrogen) atoms. The number of hydrogen-bond acceptors (Lipinski definition) is 1. The van der Waals surface area contributed by atoms with E-state index >= 15 is 0 Å². The maximum absolute atomic E-state index is 11.8. The first kappa shape index (κ1) is 10.0. The lowest BCUT2D eigenvalue weighted by atomic mass is 10.1. The molecular formula is C11H10Cl2O. The zero-order valence-corrected chi connectivity index (χ0v) is 9.27. The van der Waals surface area contributed by atoms with Crippen molar-refractivity contribution >= 4 is 29.0 Å². The average molecular weight is 229 g/mol. The number of rotatable bonds is 2. The molecule has 1 aromatic carbocycles. The summed E-state index contributed by atoms with van der Waals surface area (Å²) in [4.78, 5) is 11.8. The van der Waals surface area contributed by atoms with Gasteiger partial charge in [-0.05, 0) is 13.3 Å². The molecule has 3 heteroatoms. The fraction of sp³-hybridized carbons (Fsp3) is 0.364. The van der Waals surface area contributed by atoms with Crippen LogP contribution in [0.4, 0.5) is 0 Å². The molecule has 1 atom stereocenters. The van der Waals surface area contributed by atoms with Gasteiger partial charge in [-0.15, -0.1) is 23.2 Å². The maximum atomic E-state index is 11.8. The van der Waals surface area contributed by atoms with Gasteiger partial charge in [-0.2, -0.15) is 0 Å². The Morgan fingerprint density at radius 2 is 1.86 bits per heavy atom. The Balaban J connectivity index is 2.17. The summed E-state index contributed by atoms with van der Waals surface area (Å²) in [5.41, 5.74) is 1.84. The van der Waals surface area contributed by atoms with E-state index in [0.717, 1.165) is 5.56 Å². The summed E-state index contributed by atoms with van der Waals surface area (Å²) in [5.74, 6) is -0.163. The highest BCUT2D eigenvalue weighted by Crippen LogP contribution is 2.54. The number of carbonyl (C=O) groups is 1. The largest absolute Gasteiger partial charge is 0.294 e. The van der Waals surface area contributed by atoms with Gasteiger partial charge >= 0.3 is 0 Å². The molecule has 1 fully saturated rings. The van der Waals surface area contributed by atoms with Gasteiger partial charge in [-0.3, -0.25) is 4.79 Å². The predicted octanol–water partition coefficient (Wildman–Crippen LogP) is 3.37. The molecule has 1 aliphatic rings.